The molecule has 226 valence electrons. The van der Waals surface area contributed by atoms with Gasteiger partial charge in [0.1, 0.15) is 30.1 Å². The van der Waals surface area contributed by atoms with E-state index in [1.165, 1.54) is 19.3 Å². The Hall–Kier alpha value is -4.46. The number of hydrogen-bond donors (Lipinski definition) is 5. The fourth-order valence-corrected chi connectivity index (χ4v) is 4.57. The highest BCUT2D eigenvalue weighted by molar-refractivity contribution is 5.97. The minimum absolute atomic E-state index is 0.0168. The number of aliphatic hydroxyl groups excluding tert-OH is 1. The smallest absolute Gasteiger partial charge is 0.287 e. The second-order valence-corrected chi connectivity index (χ2v) is 10.8. The Labute approximate surface area is 242 Å². The third kappa shape index (κ3) is 8.06. The number of imidazole rings is 1. The molecule has 3 aromatic heterocycles. The van der Waals surface area contributed by atoms with Gasteiger partial charge in [-0.3, -0.25) is 19.2 Å². The lowest BCUT2D eigenvalue weighted by molar-refractivity contribution is -0.133. The van der Waals surface area contributed by atoms with E-state index in [1.807, 2.05) is 13.8 Å². The highest BCUT2D eigenvalue weighted by Gasteiger charge is 2.33. The van der Waals surface area contributed by atoms with Gasteiger partial charge in [0.05, 0.1) is 19.0 Å². The molecule has 14 nitrogen and oxygen atoms in total. The van der Waals surface area contributed by atoms with E-state index in [4.69, 9.17) is 8.83 Å². The maximum atomic E-state index is 13.4. The zero-order chi connectivity index (χ0) is 30.2. The summed E-state index contributed by atoms with van der Waals surface area (Å²) >= 11 is 0. The summed E-state index contributed by atoms with van der Waals surface area (Å²) in [5, 5.41) is 21.3. The number of nitrogens with one attached hydrogen (secondary N) is 4. The van der Waals surface area contributed by atoms with Crippen LogP contribution in [0.5, 0.6) is 0 Å². The molecule has 4 heterocycles. The normalized spacial score (nSPS) is 21.4. The molecule has 4 rings (SSSR count). The Balaban J connectivity index is 1.52. The molecular formula is C28H37N7O7. The third-order valence-corrected chi connectivity index (χ3v) is 6.75. The molecule has 5 N–H and O–H groups in total. The Kier molecular flexibility index (Phi) is 10.1. The molecule has 2 bridgehead atoms. The second kappa shape index (κ2) is 13.9. The maximum absolute atomic E-state index is 13.4. The van der Waals surface area contributed by atoms with Gasteiger partial charge in [-0.15, -0.1) is 0 Å². The molecule has 0 unspecified atom stereocenters. The van der Waals surface area contributed by atoms with E-state index in [2.05, 4.69) is 31.2 Å². The number of hydrogen-bond acceptors (Lipinski definition) is 9. The molecular weight excluding hydrogens is 546 g/mol. The largest absolute Gasteiger partial charge is 0.454 e. The summed E-state index contributed by atoms with van der Waals surface area (Å²) < 4.78 is 13.0. The van der Waals surface area contributed by atoms with Crippen molar-refractivity contribution in [3.8, 4) is 0 Å². The lowest BCUT2D eigenvalue weighted by Gasteiger charge is -2.26. The van der Waals surface area contributed by atoms with Gasteiger partial charge in [0.25, 0.3) is 11.8 Å². The van der Waals surface area contributed by atoms with Crippen LogP contribution in [0.15, 0.2) is 46.0 Å². The highest BCUT2D eigenvalue weighted by atomic mass is 16.4. The minimum Gasteiger partial charge on any atom is -0.454 e. The van der Waals surface area contributed by atoms with Crippen molar-refractivity contribution in [3.63, 3.8) is 0 Å². The Bertz CT molecular complexity index is 1360. The molecule has 0 aromatic carbocycles. The van der Waals surface area contributed by atoms with Crippen molar-refractivity contribution >= 4 is 23.6 Å². The first-order valence-electron chi connectivity index (χ1n) is 14.0. The number of aromatic nitrogens is 3. The van der Waals surface area contributed by atoms with Gasteiger partial charge in [-0.2, -0.15) is 0 Å². The van der Waals surface area contributed by atoms with Crippen molar-refractivity contribution in [1.29, 1.82) is 0 Å². The quantitative estimate of drug-likeness (QED) is 0.272. The number of carbonyl (C=O) groups is 4. The standard InChI is InChI=1S/C28H37N7O7/c1-16(2)12-20-28-33-21(14-41-28)24(37)30-9-5-4-6-19(25(38)34-23(17(3)36)27(40)32-20)31-26(39)22-8-7-18(42-22)13-35-11-10-29-15-35/h7-8,10-11,14-17,19-20,23,36H,4-6,9,12-13H2,1-3H3,(H,30,37)(H,31,39)(H,32,40)(H,34,38)/t17-,19+,20+,23+/m1/s1. The number of oxazole rings is 1. The van der Waals surface area contributed by atoms with Crippen LogP contribution in [0, 0.1) is 5.92 Å². The summed E-state index contributed by atoms with van der Waals surface area (Å²) in [4.78, 5) is 60.6. The van der Waals surface area contributed by atoms with Gasteiger partial charge in [-0.25, -0.2) is 9.97 Å². The van der Waals surface area contributed by atoms with Crippen LogP contribution in [0.25, 0.3) is 0 Å². The van der Waals surface area contributed by atoms with E-state index >= 15 is 0 Å². The summed E-state index contributed by atoms with van der Waals surface area (Å²) in [7, 11) is 0. The van der Waals surface area contributed by atoms with Crippen LogP contribution in [-0.2, 0) is 16.1 Å². The first-order valence-corrected chi connectivity index (χ1v) is 14.0. The number of fused-ring (bicyclic) bond motifs is 2. The molecule has 4 amide bonds. The molecule has 0 spiro atoms. The van der Waals surface area contributed by atoms with E-state index in [1.54, 1.807) is 29.4 Å². The van der Waals surface area contributed by atoms with E-state index in [-0.39, 0.29) is 29.7 Å². The van der Waals surface area contributed by atoms with Crippen LogP contribution in [0.4, 0.5) is 0 Å². The average molecular weight is 584 g/mol. The van der Waals surface area contributed by atoms with Crippen LogP contribution >= 0.6 is 0 Å². The van der Waals surface area contributed by atoms with Gasteiger partial charge < -0.3 is 39.8 Å². The zero-order valence-corrected chi connectivity index (χ0v) is 23.8. The highest BCUT2D eigenvalue weighted by Crippen LogP contribution is 2.22. The summed E-state index contributed by atoms with van der Waals surface area (Å²) in [6.45, 7) is 5.96. The molecule has 0 saturated heterocycles. The van der Waals surface area contributed by atoms with Crippen molar-refractivity contribution in [3.05, 3.63) is 60.2 Å². The molecule has 0 fully saturated rings. The molecule has 1 aliphatic rings. The SMILES string of the molecule is CC(C)C[C@@H]1NC(=O)[C@H]([C@@H](C)O)NC(=O)[C@@H](NC(=O)c2ccc(Cn3ccnc3)o2)CCCCNC(=O)c2coc1n2. The molecule has 1 aliphatic heterocycles. The summed E-state index contributed by atoms with van der Waals surface area (Å²) in [5.74, 6) is -1.56. The second-order valence-electron chi connectivity index (χ2n) is 10.8. The van der Waals surface area contributed by atoms with Gasteiger partial charge in [-0.05, 0) is 50.7 Å². The predicted molar refractivity (Wildman–Crippen MR) is 148 cm³/mol. The van der Waals surface area contributed by atoms with Gasteiger partial charge in [0.2, 0.25) is 17.7 Å². The number of rotatable bonds is 7. The molecule has 14 heteroatoms. The lowest BCUT2D eigenvalue weighted by atomic mass is 10.0. The molecule has 3 aromatic rings. The number of amides is 4. The summed E-state index contributed by atoms with van der Waals surface area (Å²) in [5.41, 5.74) is 0.0801. The van der Waals surface area contributed by atoms with Crippen LogP contribution in [0.1, 0.15) is 85.2 Å². The predicted octanol–water partition coefficient (Wildman–Crippen LogP) is 1.29. The molecule has 0 saturated carbocycles. The maximum Gasteiger partial charge on any atom is 0.287 e. The monoisotopic (exact) mass is 583 g/mol. The van der Waals surface area contributed by atoms with Gasteiger partial charge in [-0.1, -0.05) is 13.8 Å². The molecule has 42 heavy (non-hydrogen) atoms. The number of aliphatic hydroxyl groups is 1. The zero-order valence-electron chi connectivity index (χ0n) is 23.8. The van der Waals surface area contributed by atoms with E-state index in [9.17, 15) is 24.3 Å². The van der Waals surface area contributed by atoms with Crippen molar-refractivity contribution in [2.75, 3.05) is 6.54 Å². The minimum atomic E-state index is -1.33. The van der Waals surface area contributed by atoms with E-state index in [0.717, 1.165) is 0 Å². The van der Waals surface area contributed by atoms with Crippen molar-refractivity contribution in [2.24, 2.45) is 5.92 Å². The average Bonchev–Trinajstić information content (AvgIpc) is 3.72. The third-order valence-electron chi connectivity index (χ3n) is 6.75. The van der Waals surface area contributed by atoms with Gasteiger partial charge in [0, 0.05) is 18.9 Å². The van der Waals surface area contributed by atoms with Crippen LogP contribution in [0.3, 0.4) is 0 Å². The topological polar surface area (TPSA) is 194 Å². The van der Waals surface area contributed by atoms with E-state index < -0.39 is 47.9 Å². The lowest BCUT2D eigenvalue weighted by Crippen LogP contribution is -2.57. The first-order chi connectivity index (χ1) is 20.1. The number of furan rings is 1. The summed E-state index contributed by atoms with van der Waals surface area (Å²) in [6, 6.07) is 0.0857. The van der Waals surface area contributed by atoms with Crippen molar-refractivity contribution in [1.82, 2.24) is 35.8 Å². The Morgan fingerprint density at radius 1 is 1.17 bits per heavy atom. The Morgan fingerprint density at radius 3 is 2.69 bits per heavy atom. The molecule has 0 aliphatic carbocycles. The number of carbonyl (C=O) groups excluding carboxylic acids is 4. The fourth-order valence-electron chi connectivity index (χ4n) is 4.57. The van der Waals surface area contributed by atoms with Crippen molar-refractivity contribution < 1.29 is 33.1 Å². The van der Waals surface area contributed by atoms with Gasteiger partial charge in [0.15, 0.2) is 11.5 Å². The fraction of sp³-hybridized carbons (Fsp3) is 0.500. The van der Waals surface area contributed by atoms with Gasteiger partial charge >= 0.3 is 0 Å². The van der Waals surface area contributed by atoms with Crippen LogP contribution in [0.2, 0.25) is 0 Å². The molecule has 0 radical (unpaired) electrons. The van der Waals surface area contributed by atoms with Crippen LogP contribution in [-0.4, -0.2) is 68.0 Å². The Morgan fingerprint density at radius 2 is 1.98 bits per heavy atom. The van der Waals surface area contributed by atoms with Crippen molar-refractivity contribution in [2.45, 2.75) is 77.2 Å². The molecule has 4 atom stereocenters. The first kappa shape index (κ1) is 30.5. The summed E-state index contributed by atoms with van der Waals surface area (Å²) in [6.07, 6.45) is 6.57. The number of nitrogens with zero attached hydrogens (tertiary/aromatic N) is 3. The van der Waals surface area contributed by atoms with E-state index in [0.29, 0.717) is 38.1 Å². The van der Waals surface area contributed by atoms with Crippen LogP contribution < -0.4 is 21.3 Å².